The standard InChI is InChI=1S/C22H27N3O.2C2H6/c26-22(19-8-3-1-4-9-19)25-13-7-12-21(18-25)24-16-14-23(15-17-24)20-10-5-2-6-11-20;2*1-2/h1-6,8-11,21H,7,12-18H2;2*1-2H3. The van der Waals surface area contributed by atoms with Gasteiger partial charge in [-0.2, -0.15) is 0 Å². The van der Waals surface area contributed by atoms with Crippen LogP contribution in [0.2, 0.25) is 0 Å². The summed E-state index contributed by atoms with van der Waals surface area (Å²) in [5.74, 6) is 0.179. The van der Waals surface area contributed by atoms with Crippen LogP contribution in [0.4, 0.5) is 5.69 Å². The molecule has 30 heavy (non-hydrogen) atoms. The molecule has 1 unspecified atom stereocenters. The largest absolute Gasteiger partial charge is 0.369 e. The maximum absolute atomic E-state index is 12.8. The van der Waals surface area contributed by atoms with E-state index in [1.807, 2.05) is 62.9 Å². The number of likely N-dealkylation sites (tertiary alicyclic amines) is 1. The van der Waals surface area contributed by atoms with Crippen LogP contribution >= 0.6 is 0 Å². The third-order valence-corrected chi connectivity index (χ3v) is 5.66. The molecule has 2 fully saturated rings. The highest BCUT2D eigenvalue weighted by Gasteiger charge is 2.30. The molecule has 0 spiro atoms. The number of carbonyl (C=O) groups is 1. The van der Waals surface area contributed by atoms with Crippen molar-refractivity contribution in [2.24, 2.45) is 0 Å². The molecule has 4 heteroatoms. The number of benzene rings is 2. The highest BCUT2D eigenvalue weighted by Crippen LogP contribution is 2.21. The minimum absolute atomic E-state index is 0.179. The summed E-state index contributed by atoms with van der Waals surface area (Å²) < 4.78 is 0. The van der Waals surface area contributed by atoms with Gasteiger partial charge >= 0.3 is 0 Å². The van der Waals surface area contributed by atoms with Gasteiger partial charge in [0.2, 0.25) is 0 Å². The smallest absolute Gasteiger partial charge is 0.253 e. The lowest BCUT2D eigenvalue weighted by Crippen LogP contribution is -2.55. The van der Waals surface area contributed by atoms with E-state index < -0.39 is 0 Å². The number of para-hydroxylation sites is 1. The maximum Gasteiger partial charge on any atom is 0.253 e. The molecule has 0 bridgehead atoms. The lowest BCUT2D eigenvalue weighted by molar-refractivity contribution is 0.0563. The van der Waals surface area contributed by atoms with E-state index in [1.165, 1.54) is 12.1 Å². The zero-order valence-electron chi connectivity index (χ0n) is 19.3. The molecule has 0 aromatic heterocycles. The number of piperidine rings is 1. The van der Waals surface area contributed by atoms with Gasteiger partial charge in [0.1, 0.15) is 0 Å². The Morgan fingerprint density at radius 2 is 1.33 bits per heavy atom. The first-order valence-electron chi connectivity index (χ1n) is 11.7. The molecular weight excluding hydrogens is 370 g/mol. The molecule has 2 aromatic carbocycles. The molecule has 4 rings (SSSR count). The van der Waals surface area contributed by atoms with E-state index in [0.29, 0.717) is 6.04 Å². The van der Waals surface area contributed by atoms with Gasteiger partial charge in [0.25, 0.3) is 5.91 Å². The van der Waals surface area contributed by atoms with E-state index in [0.717, 1.165) is 51.3 Å². The summed E-state index contributed by atoms with van der Waals surface area (Å²) in [5.41, 5.74) is 2.12. The minimum atomic E-state index is 0.179. The zero-order valence-corrected chi connectivity index (χ0v) is 19.3. The number of piperazine rings is 1. The van der Waals surface area contributed by atoms with Gasteiger partial charge in [-0.25, -0.2) is 0 Å². The van der Waals surface area contributed by atoms with Crippen molar-refractivity contribution in [1.29, 1.82) is 0 Å². The number of hydrogen-bond donors (Lipinski definition) is 0. The van der Waals surface area contributed by atoms with Crippen LogP contribution in [0.1, 0.15) is 50.9 Å². The number of rotatable bonds is 3. The molecule has 1 amide bonds. The molecule has 0 aliphatic carbocycles. The Hall–Kier alpha value is -2.33. The predicted molar refractivity (Wildman–Crippen MR) is 128 cm³/mol. The van der Waals surface area contributed by atoms with E-state index in [1.54, 1.807) is 0 Å². The van der Waals surface area contributed by atoms with Crippen molar-refractivity contribution in [3.05, 3.63) is 66.2 Å². The highest BCUT2D eigenvalue weighted by molar-refractivity contribution is 5.94. The first kappa shape index (κ1) is 23.9. The summed E-state index contributed by atoms with van der Waals surface area (Å²) in [4.78, 5) is 19.9. The fourth-order valence-electron chi connectivity index (χ4n) is 4.18. The number of hydrogen-bond acceptors (Lipinski definition) is 3. The van der Waals surface area contributed by atoms with E-state index in [2.05, 4.69) is 40.1 Å². The first-order valence-corrected chi connectivity index (χ1v) is 11.7. The van der Waals surface area contributed by atoms with Gasteiger partial charge in [-0.15, -0.1) is 0 Å². The SMILES string of the molecule is CC.CC.O=C(c1ccccc1)N1CCCC(N2CCN(c3ccccc3)CC2)C1. The second-order valence-electron chi connectivity index (χ2n) is 7.27. The second-order valence-corrected chi connectivity index (χ2v) is 7.27. The Bertz CT molecular complexity index is 712. The molecule has 2 heterocycles. The lowest BCUT2D eigenvalue weighted by atomic mass is 10.0. The average molecular weight is 410 g/mol. The third kappa shape index (κ3) is 6.33. The Morgan fingerprint density at radius 3 is 1.93 bits per heavy atom. The van der Waals surface area contributed by atoms with Crippen molar-refractivity contribution in [3.8, 4) is 0 Å². The van der Waals surface area contributed by atoms with Crippen LogP contribution < -0.4 is 4.90 Å². The van der Waals surface area contributed by atoms with Crippen molar-refractivity contribution in [2.45, 2.75) is 46.6 Å². The van der Waals surface area contributed by atoms with Gasteiger partial charge in [-0.1, -0.05) is 64.1 Å². The lowest BCUT2D eigenvalue weighted by Gasteiger charge is -2.44. The van der Waals surface area contributed by atoms with Gasteiger partial charge in [0.15, 0.2) is 0 Å². The Morgan fingerprint density at radius 1 is 0.767 bits per heavy atom. The number of amides is 1. The molecule has 164 valence electrons. The van der Waals surface area contributed by atoms with E-state index in [9.17, 15) is 4.79 Å². The normalized spacial score (nSPS) is 19.1. The van der Waals surface area contributed by atoms with E-state index >= 15 is 0 Å². The van der Waals surface area contributed by atoms with Crippen LogP contribution in [-0.4, -0.2) is 61.0 Å². The van der Waals surface area contributed by atoms with E-state index in [4.69, 9.17) is 0 Å². The van der Waals surface area contributed by atoms with Crippen molar-refractivity contribution < 1.29 is 4.79 Å². The van der Waals surface area contributed by atoms with Crippen molar-refractivity contribution in [2.75, 3.05) is 44.2 Å². The first-order chi connectivity index (χ1) is 14.8. The Kier molecular flexibility index (Phi) is 10.4. The summed E-state index contributed by atoms with van der Waals surface area (Å²) >= 11 is 0. The summed E-state index contributed by atoms with van der Waals surface area (Å²) in [6, 6.07) is 20.8. The molecule has 4 nitrogen and oxygen atoms in total. The fourth-order valence-corrected chi connectivity index (χ4v) is 4.18. The van der Waals surface area contributed by atoms with Crippen LogP contribution in [0, 0.1) is 0 Å². The topological polar surface area (TPSA) is 26.8 Å². The van der Waals surface area contributed by atoms with Gasteiger partial charge in [0, 0.05) is 56.6 Å². The third-order valence-electron chi connectivity index (χ3n) is 5.66. The Labute approximate surface area is 183 Å². The maximum atomic E-state index is 12.8. The Balaban J connectivity index is 0.000000757. The van der Waals surface area contributed by atoms with Gasteiger partial charge in [0.05, 0.1) is 0 Å². The fraction of sp³-hybridized carbons (Fsp3) is 0.500. The van der Waals surface area contributed by atoms with Crippen LogP contribution in [-0.2, 0) is 0 Å². The number of anilines is 1. The van der Waals surface area contributed by atoms with Gasteiger partial charge in [-0.05, 0) is 37.1 Å². The molecular formula is C26H39N3O. The predicted octanol–water partition coefficient (Wildman–Crippen LogP) is 5.17. The van der Waals surface area contributed by atoms with Crippen LogP contribution in [0.3, 0.4) is 0 Å². The average Bonchev–Trinajstić information content (AvgIpc) is 2.87. The summed E-state index contributed by atoms with van der Waals surface area (Å²) in [5, 5.41) is 0. The van der Waals surface area contributed by atoms with E-state index in [-0.39, 0.29) is 5.91 Å². The van der Waals surface area contributed by atoms with Gasteiger partial charge < -0.3 is 9.80 Å². The van der Waals surface area contributed by atoms with Crippen LogP contribution in [0.15, 0.2) is 60.7 Å². The molecule has 1 atom stereocenters. The zero-order chi connectivity index (χ0) is 21.8. The molecule has 2 aliphatic heterocycles. The number of nitrogens with zero attached hydrogens (tertiary/aromatic N) is 3. The quantitative estimate of drug-likeness (QED) is 0.700. The minimum Gasteiger partial charge on any atom is -0.369 e. The van der Waals surface area contributed by atoms with Crippen molar-refractivity contribution in [3.63, 3.8) is 0 Å². The molecule has 2 aromatic rings. The van der Waals surface area contributed by atoms with Crippen molar-refractivity contribution >= 4 is 11.6 Å². The van der Waals surface area contributed by atoms with Crippen LogP contribution in [0.25, 0.3) is 0 Å². The molecule has 2 aliphatic rings. The highest BCUT2D eigenvalue weighted by atomic mass is 16.2. The molecule has 0 N–H and O–H groups in total. The van der Waals surface area contributed by atoms with Crippen molar-refractivity contribution in [1.82, 2.24) is 9.80 Å². The monoisotopic (exact) mass is 409 g/mol. The molecule has 2 saturated heterocycles. The summed E-state index contributed by atoms with van der Waals surface area (Å²) in [7, 11) is 0. The second kappa shape index (κ2) is 13.1. The summed E-state index contributed by atoms with van der Waals surface area (Å²) in [6.45, 7) is 14.0. The van der Waals surface area contributed by atoms with Gasteiger partial charge in [-0.3, -0.25) is 9.69 Å². The number of carbonyl (C=O) groups excluding carboxylic acids is 1. The molecule has 0 saturated carbocycles. The molecule has 0 radical (unpaired) electrons. The van der Waals surface area contributed by atoms with Crippen LogP contribution in [0.5, 0.6) is 0 Å². The summed E-state index contributed by atoms with van der Waals surface area (Å²) in [6.07, 6.45) is 2.30.